The molecule has 1 fully saturated rings. The van der Waals surface area contributed by atoms with Crippen LogP contribution in [0.1, 0.15) is 37.7 Å². The van der Waals surface area contributed by atoms with Crippen LogP contribution in [0.4, 0.5) is 4.79 Å². The number of amides is 1. The van der Waals surface area contributed by atoms with Crippen molar-refractivity contribution in [1.82, 2.24) is 10.4 Å². The standard InChI is InChI=1S/C16H24N2O2/c19-16(18-13-7-6-12-17-18)20-14-8-2-5-11-15-9-3-1-4-10-15/h1,3-4,9-10,17H,2,5-8,11-14H2. The number of hydrogen-bond donors (Lipinski definition) is 1. The smallest absolute Gasteiger partial charge is 0.424 e. The van der Waals surface area contributed by atoms with E-state index < -0.39 is 0 Å². The van der Waals surface area contributed by atoms with Gasteiger partial charge < -0.3 is 4.74 Å². The Bertz CT molecular complexity index is 389. The highest BCUT2D eigenvalue weighted by atomic mass is 16.6. The largest absolute Gasteiger partial charge is 0.448 e. The second kappa shape index (κ2) is 8.59. The molecule has 0 aromatic heterocycles. The number of ether oxygens (including phenoxy) is 1. The summed E-state index contributed by atoms with van der Waals surface area (Å²) in [6, 6.07) is 10.5. The van der Waals surface area contributed by atoms with Crippen molar-refractivity contribution in [2.45, 2.75) is 38.5 Å². The molecule has 4 nitrogen and oxygen atoms in total. The minimum Gasteiger partial charge on any atom is -0.448 e. The van der Waals surface area contributed by atoms with Gasteiger partial charge in [-0.2, -0.15) is 0 Å². The van der Waals surface area contributed by atoms with Gasteiger partial charge in [0.2, 0.25) is 0 Å². The first-order valence-electron chi connectivity index (χ1n) is 7.58. The maximum atomic E-state index is 11.7. The van der Waals surface area contributed by atoms with E-state index in [2.05, 4.69) is 29.7 Å². The van der Waals surface area contributed by atoms with Gasteiger partial charge in [0.1, 0.15) is 0 Å². The Labute approximate surface area is 121 Å². The predicted octanol–water partition coefficient (Wildman–Crippen LogP) is 3.14. The quantitative estimate of drug-likeness (QED) is 0.812. The summed E-state index contributed by atoms with van der Waals surface area (Å²) in [5.74, 6) is 0. The number of rotatable bonds is 6. The normalized spacial score (nSPS) is 15.1. The lowest BCUT2D eigenvalue weighted by Crippen LogP contribution is -2.47. The molecule has 110 valence electrons. The average Bonchev–Trinajstić information content (AvgIpc) is 2.52. The third kappa shape index (κ3) is 5.21. The highest BCUT2D eigenvalue weighted by Crippen LogP contribution is 2.07. The fourth-order valence-electron chi connectivity index (χ4n) is 2.33. The number of hydrazine groups is 1. The predicted molar refractivity (Wildman–Crippen MR) is 79.3 cm³/mol. The first-order valence-corrected chi connectivity index (χ1v) is 7.58. The summed E-state index contributed by atoms with van der Waals surface area (Å²) in [5, 5.41) is 1.59. The van der Waals surface area contributed by atoms with E-state index >= 15 is 0 Å². The van der Waals surface area contributed by atoms with Crippen molar-refractivity contribution < 1.29 is 9.53 Å². The molecule has 4 heteroatoms. The van der Waals surface area contributed by atoms with Gasteiger partial charge in [-0.15, -0.1) is 0 Å². The van der Waals surface area contributed by atoms with Crippen LogP contribution in [0.25, 0.3) is 0 Å². The third-order valence-electron chi connectivity index (χ3n) is 3.51. The lowest BCUT2D eigenvalue weighted by molar-refractivity contribution is 0.0718. The molecule has 20 heavy (non-hydrogen) atoms. The Morgan fingerprint density at radius 2 is 2.00 bits per heavy atom. The molecule has 1 N–H and O–H groups in total. The van der Waals surface area contributed by atoms with Crippen LogP contribution < -0.4 is 5.43 Å². The van der Waals surface area contributed by atoms with Gasteiger partial charge in [-0.25, -0.2) is 15.2 Å². The first kappa shape index (κ1) is 14.9. The van der Waals surface area contributed by atoms with Crippen LogP contribution in [0.2, 0.25) is 0 Å². The van der Waals surface area contributed by atoms with Crippen molar-refractivity contribution in [3.8, 4) is 0 Å². The Kier molecular flexibility index (Phi) is 6.38. The van der Waals surface area contributed by atoms with Gasteiger partial charge in [-0.3, -0.25) is 0 Å². The van der Waals surface area contributed by atoms with Crippen LogP contribution in [0.3, 0.4) is 0 Å². The van der Waals surface area contributed by atoms with E-state index in [4.69, 9.17) is 4.74 Å². The zero-order valence-electron chi connectivity index (χ0n) is 12.0. The molecule has 1 aliphatic rings. The summed E-state index contributed by atoms with van der Waals surface area (Å²) in [4.78, 5) is 11.7. The molecule has 0 spiro atoms. The van der Waals surface area contributed by atoms with Crippen LogP contribution in [0.15, 0.2) is 30.3 Å². The maximum absolute atomic E-state index is 11.7. The van der Waals surface area contributed by atoms with E-state index in [-0.39, 0.29) is 6.09 Å². The summed E-state index contributed by atoms with van der Waals surface area (Å²) < 4.78 is 5.26. The van der Waals surface area contributed by atoms with Crippen molar-refractivity contribution in [3.05, 3.63) is 35.9 Å². The molecule has 0 saturated carbocycles. The zero-order valence-corrected chi connectivity index (χ0v) is 12.0. The van der Waals surface area contributed by atoms with Crippen molar-refractivity contribution in [3.63, 3.8) is 0 Å². The number of nitrogens with one attached hydrogen (secondary N) is 1. The molecule has 1 aliphatic heterocycles. The molecule has 0 unspecified atom stereocenters. The van der Waals surface area contributed by atoms with E-state index in [0.29, 0.717) is 6.61 Å². The highest BCUT2D eigenvalue weighted by molar-refractivity contribution is 5.67. The van der Waals surface area contributed by atoms with Crippen LogP contribution in [0.5, 0.6) is 0 Å². The van der Waals surface area contributed by atoms with Crippen LogP contribution in [-0.4, -0.2) is 30.8 Å². The molecule has 0 bridgehead atoms. The lowest BCUT2D eigenvalue weighted by atomic mass is 10.1. The summed E-state index contributed by atoms with van der Waals surface area (Å²) in [5.41, 5.74) is 4.43. The van der Waals surface area contributed by atoms with Gasteiger partial charge in [-0.1, -0.05) is 30.3 Å². The monoisotopic (exact) mass is 276 g/mol. The zero-order chi connectivity index (χ0) is 14.0. The number of nitrogens with zero attached hydrogens (tertiary/aromatic N) is 1. The Morgan fingerprint density at radius 3 is 2.75 bits per heavy atom. The van der Waals surface area contributed by atoms with Crippen molar-refractivity contribution in [1.29, 1.82) is 0 Å². The van der Waals surface area contributed by atoms with E-state index in [9.17, 15) is 4.79 Å². The lowest BCUT2D eigenvalue weighted by Gasteiger charge is -2.26. The van der Waals surface area contributed by atoms with Gasteiger partial charge >= 0.3 is 6.09 Å². The molecule has 0 aliphatic carbocycles. The first-order chi connectivity index (χ1) is 9.86. The number of carbonyl (C=O) groups excluding carboxylic acids is 1. The molecular formula is C16H24N2O2. The molecule has 1 amide bonds. The minimum atomic E-state index is -0.229. The molecular weight excluding hydrogens is 252 g/mol. The van der Waals surface area contributed by atoms with Gasteiger partial charge in [0.25, 0.3) is 0 Å². The Morgan fingerprint density at radius 1 is 1.15 bits per heavy atom. The SMILES string of the molecule is O=C(OCCCCCc1ccccc1)N1CCCCN1. The topological polar surface area (TPSA) is 41.6 Å². The molecule has 1 heterocycles. The fraction of sp³-hybridized carbons (Fsp3) is 0.562. The Balaban J connectivity index is 1.50. The van der Waals surface area contributed by atoms with Crippen LogP contribution in [0, 0.1) is 0 Å². The fourth-order valence-corrected chi connectivity index (χ4v) is 2.33. The van der Waals surface area contributed by atoms with E-state index in [0.717, 1.165) is 51.6 Å². The van der Waals surface area contributed by atoms with Gasteiger partial charge in [0.05, 0.1) is 6.61 Å². The van der Waals surface area contributed by atoms with Gasteiger partial charge in [0.15, 0.2) is 0 Å². The third-order valence-corrected chi connectivity index (χ3v) is 3.51. The van der Waals surface area contributed by atoms with E-state index in [1.807, 2.05) is 6.07 Å². The summed E-state index contributed by atoms with van der Waals surface area (Å²) in [7, 11) is 0. The van der Waals surface area contributed by atoms with Crippen molar-refractivity contribution >= 4 is 6.09 Å². The molecule has 0 atom stereocenters. The molecule has 2 rings (SSSR count). The number of benzene rings is 1. The van der Waals surface area contributed by atoms with Crippen molar-refractivity contribution in [2.24, 2.45) is 0 Å². The second-order valence-electron chi connectivity index (χ2n) is 5.18. The van der Waals surface area contributed by atoms with Gasteiger partial charge in [-0.05, 0) is 44.1 Å². The average molecular weight is 276 g/mol. The summed E-state index contributed by atoms with van der Waals surface area (Å²) in [6.45, 7) is 2.14. The molecule has 1 aromatic carbocycles. The summed E-state index contributed by atoms with van der Waals surface area (Å²) >= 11 is 0. The van der Waals surface area contributed by atoms with Crippen molar-refractivity contribution in [2.75, 3.05) is 19.7 Å². The molecule has 1 saturated heterocycles. The number of hydrogen-bond acceptors (Lipinski definition) is 3. The van der Waals surface area contributed by atoms with Gasteiger partial charge in [0, 0.05) is 13.1 Å². The van der Waals surface area contributed by atoms with Crippen LogP contribution >= 0.6 is 0 Å². The molecule has 1 aromatic rings. The van der Waals surface area contributed by atoms with E-state index in [1.165, 1.54) is 5.56 Å². The number of aryl methyl sites for hydroxylation is 1. The summed E-state index contributed by atoms with van der Waals surface area (Å²) in [6.07, 6.45) is 6.23. The number of carbonyl (C=O) groups is 1. The number of unbranched alkanes of at least 4 members (excludes halogenated alkanes) is 2. The Hall–Kier alpha value is -1.55. The second-order valence-corrected chi connectivity index (χ2v) is 5.18. The maximum Gasteiger partial charge on any atom is 0.424 e. The minimum absolute atomic E-state index is 0.229. The highest BCUT2D eigenvalue weighted by Gasteiger charge is 2.16. The van der Waals surface area contributed by atoms with Crippen LogP contribution in [-0.2, 0) is 11.2 Å². The van der Waals surface area contributed by atoms with E-state index in [1.54, 1.807) is 5.01 Å². The molecule has 0 radical (unpaired) electrons.